The number of nitrogens with zero attached hydrogens (tertiary/aromatic N) is 2. The van der Waals surface area contributed by atoms with E-state index in [4.69, 9.17) is 0 Å². The highest BCUT2D eigenvalue weighted by Crippen LogP contribution is 2.05. The molecule has 2 amide bonds. The van der Waals surface area contributed by atoms with Gasteiger partial charge in [0, 0.05) is 25.7 Å². The molecule has 0 unspecified atom stereocenters. The second kappa shape index (κ2) is 10.8. The van der Waals surface area contributed by atoms with Crippen molar-refractivity contribution in [3.63, 3.8) is 0 Å². The summed E-state index contributed by atoms with van der Waals surface area (Å²) in [6.45, 7) is 11.1. The van der Waals surface area contributed by atoms with Crippen LogP contribution in [0.2, 0.25) is 0 Å². The van der Waals surface area contributed by atoms with E-state index >= 15 is 0 Å². The Hall–Kier alpha value is -1.81. The smallest absolute Gasteiger partial charge is 0.317 e. The van der Waals surface area contributed by atoms with Gasteiger partial charge in [-0.2, -0.15) is 0 Å². The van der Waals surface area contributed by atoms with E-state index in [-0.39, 0.29) is 6.03 Å². The lowest BCUT2D eigenvalue weighted by Crippen LogP contribution is -2.40. The highest BCUT2D eigenvalue weighted by Gasteiger charge is 2.11. The highest BCUT2D eigenvalue weighted by atomic mass is 16.2. The summed E-state index contributed by atoms with van der Waals surface area (Å²) >= 11 is 0. The zero-order chi connectivity index (χ0) is 17.1. The molecule has 1 rings (SSSR count). The first-order chi connectivity index (χ1) is 11.0. The van der Waals surface area contributed by atoms with Gasteiger partial charge in [0.05, 0.1) is 0 Å². The van der Waals surface area contributed by atoms with Crippen LogP contribution < -0.4 is 5.32 Å². The zero-order valence-electron chi connectivity index (χ0n) is 14.8. The fraction of sp³-hybridized carbons (Fsp3) is 0.526. The number of nitrogens with one attached hydrogen (secondary N) is 1. The number of unbranched alkanes of at least 4 members (excludes halogenated alkanes) is 1. The number of benzene rings is 1. The van der Waals surface area contributed by atoms with Gasteiger partial charge in [-0.1, -0.05) is 36.4 Å². The third kappa shape index (κ3) is 7.84. The van der Waals surface area contributed by atoms with Crippen LogP contribution in [0.1, 0.15) is 32.3 Å². The molecule has 0 fully saturated rings. The van der Waals surface area contributed by atoms with Gasteiger partial charge in [-0.05, 0) is 45.8 Å². The van der Waals surface area contributed by atoms with Gasteiger partial charge < -0.3 is 15.1 Å². The predicted octanol–water partition coefficient (Wildman–Crippen LogP) is 3.50. The fourth-order valence-electron chi connectivity index (χ4n) is 2.23. The molecule has 4 heteroatoms. The molecular formula is C19H31N3O. The van der Waals surface area contributed by atoms with E-state index in [0.717, 1.165) is 24.9 Å². The lowest BCUT2D eigenvalue weighted by Gasteiger charge is -2.22. The lowest BCUT2D eigenvalue weighted by molar-refractivity contribution is 0.200. The highest BCUT2D eigenvalue weighted by molar-refractivity contribution is 5.74. The summed E-state index contributed by atoms with van der Waals surface area (Å²) in [4.78, 5) is 16.4. The minimum absolute atomic E-state index is 0.0223. The van der Waals surface area contributed by atoms with E-state index in [1.165, 1.54) is 0 Å². The lowest BCUT2D eigenvalue weighted by atomic mass is 10.2. The number of carbonyl (C=O) groups excluding carboxylic acids is 1. The molecule has 0 bridgehead atoms. The van der Waals surface area contributed by atoms with Crippen molar-refractivity contribution < 1.29 is 4.79 Å². The molecule has 0 radical (unpaired) electrons. The van der Waals surface area contributed by atoms with Crippen LogP contribution in [0.25, 0.3) is 0 Å². The Balaban J connectivity index is 2.33. The van der Waals surface area contributed by atoms with Crippen molar-refractivity contribution in [1.29, 1.82) is 0 Å². The molecule has 0 aliphatic heterocycles. The SMILES string of the molecule is C=CCN(Cc1ccccc1)C(=O)NCCCCN(C)C(C)C. The largest absolute Gasteiger partial charge is 0.338 e. The van der Waals surface area contributed by atoms with E-state index in [0.29, 0.717) is 25.7 Å². The van der Waals surface area contributed by atoms with Crippen molar-refractivity contribution >= 4 is 6.03 Å². The molecule has 0 atom stereocenters. The van der Waals surface area contributed by atoms with Gasteiger partial charge >= 0.3 is 6.03 Å². The second-order valence-corrected chi connectivity index (χ2v) is 6.17. The Labute approximate surface area is 141 Å². The first-order valence-corrected chi connectivity index (χ1v) is 8.42. The monoisotopic (exact) mass is 317 g/mol. The Morgan fingerprint density at radius 1 is 1.26 bits per heavy atom. The molecule has 0 aromatic heterocycles. The van der Waals surface area contributed by atoms with Crippen LogP contribution in [-0.2, 0) is 6.54 Å². The van der Waals surface area contributed by atoms with Crippen molar-refractivity contribution in [3.05, 3.63) is 48.6 Å². The van der Waals surface area contributed by atoms with Crippen LogP contribution in [0.4, 0.5) is 4.79 Å². The van der Waals surface area contributed by atoms with Crippen molar-refractivity contribution in [2.75, 3.05) is 26.7 Å². The summed E-state index contributed by atoms with van der Waals surface area (Å²) in [7, 11) is 2.13. The topological polar surface area (TPSA) is 35.6 Å². The molecule has 128 valence electrons. The van der Waals surface area contributed by atoms with Gasteiger partial charge in [0.25, 0.3) is 0 Å². The molecule has 0 spiro atoms. The second-order valence-electron chi connectivity index (χ2n) is 6.17. The Morgan fingerprint density at radius 3 is 2.57 bits per heavy atom. The minimum Gasteiger partial charge on any atom is -0.338 e. The van der Waals surface area contributed by atoms with Crippen molar-refractivity contribution in [1.82, 2.24) is 15.1 Å². The third-order valence-electron chi connectivity index (χ3n) is 3.95. The quantitative estimate of drug-likeness (QED) is 0.529. The molecule has 1 aromatic rings. The average Bonchev–Trinajstić information content (AvgIpc) is 2.54. The molecule has 1 N–H and O–H groups in total. The molecule has 0 saturated heterocycles. The van der Waals surface area contributed by atoms with Crippen LogP contribution in [0.5, 0.6) is 0 Å². The molecular weight excluding hydrogens is 286 g/mol. The van der Waals surface area contributed by atoms with E-state index in [2.05, 4.69) is 37.7 Å². The first-order valence-electron chi connectivity index (χ1n) is 8.42. The van der Waals surface area contributed by atoms with Crippen molar-refractivity contribution in [2.24, 2.45) is 0 Å². The molecule has 0 aliphatic rings. The molecule has 23 heavy (non-hydrogen) atoms. The maximum atomic E-state index is 12.3. The number of hydrogen-bond acceptors (Lipinski definition) is 2. The van der Waals surface area contributed by atoms with Crippen LogP contribution >= 0.6 is 0 Å². The van der Waals surface area contributed by atoms with Crippen LogP contribution in [-0.4, -0.2) is 48.6 Å². The van der Waals surface area contributed by atoms with E-state index in [9.17, 15) is 4.79 Å². The Kier molecular flexibility index (Phi) is 9.07. The Morgan fingerprint density at radius 2 is 1.96 bits per heavy atom. The average molecular weight is 317 g/mol. The normalized spacial score (nSPS) is 10.8. The molecule has 4 nitrogen and oxygen atoms in total. The molecule has 0 aliphatic carbocycles. The summed E-state index contributed by atoms with van der Waals surface area (Å²) in [5.74, 6) is 0. The minimum atomic E-state index is -0.0223. The fourth-order valence-corrected chi connectivity index (χ4v) is 2.23. The van der Waals surface area contributed by atoms with Crippen molar-refractivity contribution in [2.45, 2.75) is 39.3 Å². The summed E-state index contributed by atoms with van der Waals surface area (Å²) in [5.41, 5.74) is 1.13. The summed E-state index contributed by atoms with van der Waals surface area (Å²) in [5, 5.41) is 3.01. The van der Waals surface area contributed by atoms with Gasteiger partial charge in [-0.25, -0.2) is 4.79 Å². The van der Waals surface area contributed by atoms with Gasteiger partial charge in [-0.15, -0.1) is 6.58 Å². The molecule has 0 saturated carbocycles. The van der Waals surface area contributed by atoms with Crippen LogP contribution in [0.3, 0.4) is 0 Å². The first kappa shape index (κ1) is 19.2. The zero-order valence-corrected chi connectivity index (χ0v) is 14.8. The number of carbonyl (C=O) groups is 1. The Bertz CT molecular complexity index is 459. The van der Waals surface area contributed by atoms with E-state index in [1.807, 2.05) is 30.3 Å². The van der Waals surface area contributed by atoms with Crippen molar-refractivity contribution in [3.8, 4) is 0 Å². The summed E-state index contributed by atoms with van der Waals surface area (Å²) < 4.78 is 0. The number of rotatable bonds is 10. The predicted molar refractivity (Wildman–Crippen MR) is 97.4 cm³/mol. The van der Waals surface area contributed by atoms with Crippen LogP contribution in [0, 0.1) is 0 Å². The molecule has 0 heterocycles. The number of amides is 2. The number of urea groups is 1. The maximum absolute atomic E-state index is 12.3. The third-order valence-corrected chi connectivity index (χ3v) is 3.95. The van der Waals surface area contributed by atoms with Crippen LogP contribution in [0.15, 0.2) is 43.0 Å². The maximum Gasteiger partial charge on any atom is 0.317 e. The molecule has 1 aromatic carbocycles. The number of hydrogen-bond donors (Lipinski definition) is 1. The van der Waals surface area contributed by atoms with E-state index < -0.39 is 0 Å². The van der Waals surface area contributed by atoms with Gasteiger partial charge in [-0.3, -0.25) is 0 Å². The van der Waals surface area contributed by atoms with Gasteiger partial charge in [0.1, 0.15) is 0 Å². The van der Waals surface area contributed by atoms with E-state index in [1.54, 1.807) is 11.0 Å². The van der Waals surface area contributed by atoms with Gasteiger partial charge in [0.2, 0.25) is 0 Å². The summed E-state index contributed by atoms with van der Waals surface area (Å²) in [6, 6.07) is 10.6. The standard InChI is InChI=1S/C19H31N3O/c1-5-14-22(16-18-11-7-6-8-12-18)19(23)20-13-9-10-15-21(4)17(2)3/h5-8,11-12,17H,1,9-10,13-16H2,2-4H3,(H,20,23). The summed E-state index contributed by atoms with van der Waals surface area (Å²) in [6.07, 6.45) is 3.85. The van der Waals surface area contributed by atoms with Gasteiger partial charge in [0.15, 0.2) is 0 Å².